The summed E-state index contributed by atoms with van der Waals surface area (Å²) in [5.74, 6) is 0. The van der Waals surface area contributed by atoms with Gasteiger partial charge in [0.25, 0.3) is 0 Å². The number of aromatic nitrogens is 2. The minimum absolute atomic E-state index is 0.925. The number of fused-ring (bicyclic) bond motifs is 4. The normalized spacial score (nSPS) is 11.5. The Morgan fingerprint density at radius 3 is 1.68 bits per heavy atom. The van der Waals surface area contributed by atoms with Crippen LogP contribution in [0.1, 0.15) is 0 Å². The second kappa shape index (κ2) is 9.14. The highest BCUT2D eigenvalue weighted by atomic mass is 14.7. The molecule has 0 bridgehead atoms. The quantitative estimate of drug-likeness (QED) is 0.222. The van der Waals surface area contributed by atoms with E-state index in [1.165, 1.54) is 43.4 Å². The van der Waals surface area contributed by atoms with Crippen LogP contribution in [0.4, 0.5) is 0 Å². The van der Waals surface area contributed by atoms with Crippen LogP contribution < -0.4 is 0 Å². The van der Waals surface area contributed by atoms with Crippen molar-refractivity contribution in [2.24, 2.45) is 0 Å². The van der Waals surface area contributed by atoms with E-state index in [1.807, 2.05) is 18.5 Å². The summed E-state index contributed by atoms with van der Waals surface area (Å²) in [4.78, 5) is 9.79. The first-order valence-electron chi connectivity index (χ1n) is 13.6. The molecule has 0 aliphatic heterocycles. The van der Waals surface area contributed by atoms with E-state index in [-0.39, 0.29) is 0 Å². The fraction of sp³-hybridized carbons (Fsp3) is 0. The molecule has 8 rings (SSSR count). The number of benzene rings is 6. The van der Waals surface area contributed by atoms with Crippen LogP contribution in [0, 0.1) is 0 Å². The molecule has 0 radical (unpaired) electrons. The molecule has 40 heavy (non-hydrogen) atoms. The van der Waals surface area contributed by atoms with Gasteiger partial charge in [-0.2, -0.15) is 0 Å². The third-order valence-corrected chi connectivity index (χ3v) is 7.92. The molecule has 0 saturated carbocycles. The fourth-order valence-electron chi connectivity index (χ4n) is 6.10. The number of nitrogens with zero attached hydrogens (tertiary/aromatic N) is 2. The lowest BCUT2D eigenvalue weighted by Crippen LogP contribution is -1.94. The molecule has 0 aliphatic carbocycles. The molecule has 8 aromatic rings. The van der Waals surface area contributed by atoms with E-state index in [4.69, 9.17) is 4.98 Å². The maximum absolute atomic E-state index is 5.27. The summed E-state index contributed by atoms with van der Waals surface area (Å²) in [5.41, 5.74) is 6.57. The predicted octanol–water partition coefficient (Wildman–Crippen LogP) is 10.1. The molecule has 0 unspecified atom stereocenters. The number of hydrogen-bond acceptors (Lipinski definition) is 2. The second-order valence-corrected chi connectivity index (χ2v) is 10.2. The van der Waals surface area contributed by atoms with Gasteiger partial charge in [0.05, 0.1) is 11.4 Å². The third-order valence-electron chi connectivity index (χ3n) is 7.92. The van der Waals surface area contributed by atoms with Gasteiger partial charge in [0, 0.05) is 28.9 Å². The Morgan fingerprint density at radius 1 is 0.375 bits per heavy atom. The lowest BCUT2D eigenvalue weighted by Gasteiger charge is -2.18. The minimum atomic E-state index is 0.925. The molecule has 2 heterocycles. The maximum Gasteiger partial charge on any atom is 0.0731 e. The van der Waals surface area contributed by atoms with Gasteiger partial charge in [-0.15, -0.1) is 0 Å². The zero-order valence-corrected chi connectivity index (χ0v) is 21.8. The Balaban J connectivity index is 1.42. The van der Waals surface area contributed by atoms with Crippen molar-refractivity contribution in [1.82, 2.24) is 9.97 Å². The molecule has 2 heteroatoms. The monoisotopic (exact) mass is 508 g/mol. The van der Waals surface area contributed by atoms with Crippen molar-refractivity contribution in [2.45, 2.75) is 0 Å². The van der Waals surface area contributed by atoms with Crippen LogP contribution in [0.3, 0.4) is 0 Å². The number of pyridine rings is 2. The molecule has 0 atom stereocenters. The van der Waals surface area contributed by atoms with Gasteiger partial charge in [0.2, 0.25) is 0 Å². The predicted molar refractivity (Wildman–Crippen MR) is 168 cm³/mol. The SMILES string of the molecule is c1cc(-c2cncc3ccccc23)nc(-c2c3ccccc3c(-c3ccc4ccccc4c3)c3ccccc23)c1. The molecular formula is C38H24N2. The van der Waals surface area contributed by atoms with Crippen molar-refractivity contribution in [3.63, 3.8) is 0 Å². The van der Waals surface area contributed by atoms with Crippen molar-refractivity contribution in [1.29, 1.82) is 0 Å². The Labute approximate surface area is 232 Å². The van der Waals surface area contributed by atoms with Gasteiger partial charge < -0.3 is 0 Å². The van der Waals surface area contributed by atoms with Crippen molar-refractivity contribution < 1.29 is 0 Å². The van der Waals surface area contributed by atoms with E-state index in [2.05, 4.69) is 132 Å². The molecule has 0 N–H and O–H groups in total. The first kappa shape index (κ1) is 22.6. The Kier molecular flexibility index (Phi) is 5.17. The maximum atomic E-state index is 5.27. The standard InChI is InChI=1S/C38H24N2/c1-2-11-26-22-27(21-20-25(26)10-1)37-30-14-5-7-16-32(30)38(33-17-8-6-15-31(33)37)36-19-9-18-35(40-36)34-24-39-23-28-12-3-4-13-29(28)34/h1-24H. The van der Waals surface area contributed by atoms with Crippen LogP contribution in [0.25, 0.3) is 76.7 Å². The molecule has 0 fully saturated rings. The van der Waals surface area contributed by atoms with Crippen LogP contribution in [-0.2, 0) is 0 Å². The van der Waals surface area contributed by atoms with Crippen LogP contribution in [0.15, 0.2) is 146 Å². The van der Waals surface area contributed by atoms with Gasteiger partial charge >= 0.3 is 0 Å². The Bertz CT molecular complexity index is 2170. The zero-order chi connectivity index (χ0) is 26.5. The van der Waals surface area contributed by atoms with E-state index in [1.54, 1.807) is 0 Å². The Hall–Kier alpha value is -5.34. The van der Waals surface area contributed by atoms with Crippen molar-refractivity contribution >= 4 is 43.1 Å². The highest BCUT2D eigenvalue weighted by Gasteiger charge is 2.18. The summed E-state index contributed by atoms with van der Waals surface area (Å²) in [6, 6.07) is 47.5. The van der Waals surface area contributed by atoms with Crippen LogP contribution in [0.5, 0.6) is 0 Å². The van der Waals surface area contributed by atoms with E-state index in [0.717, 1.165) is 33.3 Å². The first-order chi connectivity index (χ1) is 19.8. The number of hydrogen-bond donors (Lipinski definition) is 0. The first-order valence-corrected chi connectivity index (χ1v) is 13.6. The van der Waals surface area contributed by atoms with E-state index >= 15 is 0 Å². The molecule has 2 nitrogen and oxygen atoms in total. The second-order valence-electron chi connectivity index (χ2n) is 10.2. The largest absolute Gasteiger partial charge is 0.263 e. The van der Waals surface area contributed by atoms with Crippen LogP contribution in [-0.4, -0.2) is 9.97 Å². The van der Waals surface area contributed by atoms with E-state index < -0.39 is 0 Å². The Morgan fingerprint density at radius 2 is 0.950 bits per heavy atom. The summed E-state index contributed by atoms with van der Waals surface area (Å²) >= 11 is 0. The fourth-order valence-corrected chi connectivity index (χ4v) is 6.10. The van der Waals surface area contributed by atoms with Crippen molar-refractivity contribution in [2.75, 3.05) is 0 Å². The minimum Gasteiger partial charge on any atom is -0.263 e. The molecule has 0 aliphatic rings. The summed E-state index contributed by atoms with van der Waals surface area (Å²) in [6.07, 6.45) is 3.84. The average molecular weight is 509 g/mol. The molecular weight excluding hydrogens is 484 g/mol. The summed E-state index contributed by atoms with van der Waals surface area (Å²) in [5, 5.41) is 9.62. The van der Waals surface area contributed by atoms with Gasteiger partial charge in [-0.25, -0.2) is 4.98 Å². The van der Waals surface area contributed by atoms with Gasteiger partial charge in [-0.1, -0.05) is 115 Å². The van der Waals surface area contributed by atoms with E-state index in [0.29, 0.717) is 0 Å². The summed E-state index contributed by atoms with van der Waals surface area (Å²) in [7, 11) is 0. The van der Waals surface area contributed by atoms with E-state index in [9.17, 15) is 0 Å². The third kappa shape index (κ3) is 3.58. The smallest absolute Gasteiger partial charge is 0.0731 e. The lowest BCUT2D eigenvalue weighted by molar-refractivity contribution is 1.30. The van der Waals surface area contributed by atoms with Crippen LogP contribution >= 0.6 is 0 Å². The molecule has 186 valence electrons. The van der Waals surface area contributed by atoms with Gasteiger partial charge in [0.1, 0.15) is 0 Å². The topological polar surface area (TPSA) is 25.8 Å². The van der Waals surface area contributed by atoms with Gasteiger partial charge in [-0.3, -0.25) is 4.98 Å². The van der Waals surface area contributed by atoms with Crippen LogP contribution in [0.2, 0.25) is 0 Å². The van der Waals surface area contributed by atoms with Crippen molar-refractivity contribution in [3.05, 3.63) is 146 Å². The average Bonchev–Trinajstić information content (AvgIpc) is 3.03. The number of rotatable bonds is 3. The summed E-state index contributed by atoms with van der Waals surface area (Å²) in [6.45, 7) is 0. The van der Waals surface area contributed by atoms with Gasteiger partial charge in [0.15, 0.2) is 0 Å². The zero-order valence-electron chi connectivity index (χ0n) is 21.8. The van der Waals surface area contributed by atoms with Gasteiger partial charge in [-0.05, 0) is 67.0 Å². The molecule has 0 amide bonds. The molecule has 6 aromatic carbocycles. The highest BCUT2D eigenvalue weighted by molar-refractivity contribution is 6.21. The summed E-state index contributed by atoms with van der Waals surface area (Å²) < 4.78 is 0. The lowest BCUT2D eigenvalue weighted by atomic mass is 9.86. The van der Waals surface area contributed by atoms with Crippen molar-refractivity contribution in [3.8, 4) is 33.6 Å². The highest BCUT2D eigenvalue weighted by Crippen LogP contribution is 2.44. The molecule has 2 aromatic heterocycles. The molecule has 0 spiro atoms. The molecule has 0 saturated heterocycles.